The Labute approximate surface area is 142 Å². The average Bonchev–Trinajstić information content (AvgIpc) is 2.58. The number of benzene rings is 1. The number of ether oxygens (including phenoxy) is 1. The van der Waals surface area contributed by atoms with Crippen molar-refractivity contribution in [1.29, 1.82) is 0 Å². The van der Waals surface area contributed by atoms with Crippen LogP contribution in [0.3, 0.4) is 0 Å². The Morgan fingerprint density at radius 2 is 2.09 bits per heavy atom. The van der Waals surface area contributed by atoms with E-state index in [2.05, 4.69) is 0 Å². The number of ketones is 1. The summed E-state index contributed by atoms with van der Waals surface area (Å²) in [5.41, 5.74) is 0.495. The molecule has 1 aromatic rings. The van der Waals surface area contributed by atoms with Crippen molar-refractivity contribution < 1.29 is 14.3 Å². The van der Waals surface area contributed by atoms with E-state index in [1.807, 2.05) is 11.8 Å². The van der Waals surface area contributed by atoms with Crippen LogP contribution in [-0.2, 0) is 9.53 Å². The van der Waals surface area contributed by atoms with Gasteiger partial charge in [-0.2, -0.15) is 0 Å². The summed E-state index contributed by atoms with van der Waals surface area (Å²) >= 11 is 6.02. The van der Waals surface area contributed by atoms with E-state index in [1.165, 1.54) is 0 Å². The number of Topliss-reactive ketones (excluding diaryl/α,β-unsaturated/α-hetero) is 1. The Bertz CT molecular complexity index is 547. The van der Waals surface area contributed by atoms with Gasteiger partial charge < -0.3 is 9.64 Å². The highest BCUT2D eigenvalue weighted by Gasteiger charge is 2.24. The monoisotopic (exact) mass is 337 g/mol. The van der Waals surface area contributed by atoms with Crippen molar-refractivity contribution in [2.75, 3.05) is 26.3 Å². The van der Waals surface area contributed by atoms with Crippen molar-refractivity contribution >= 4 is 23.3 Å². The summed E-state index contributed by atoms with van der Waals surface area (Å²) in [4.78, 5) is 26.4. The molecule has 0 N–H and O–H groups in total. The molecule has 4 nitrogen and oxygen atoms in total. The van der Waals surface area contributed by atoms with E-state index in [-0.39, 0.29) is 24.5 Å². The van der Waals surface area contributed by atoms with E-state index in [0.29, 0.717) is 29.7 Å². The topological polar surface area (TPSA) is 46.6 Å². The Balaban J connectivity index is 1.82. The van der Waals surface area contributed by atoms with Crippen LogP contribution in [0.15, 0.2) is 24.3 Å². The van der Waals surface area contributed by atoms with Crippen molar-refractivity contribution in [1.82, 2.24) is 4.90 Å². The zero-order chi connectivity index (χ0) is 16.7. The fraction of sp³-hybridized carbons (Fsp3) is 0.556. The van der Waals surface area contributed by atoms with E-state index >= 15 is 0 Å². The standard InChI is InChI=1S/C18H24ClNO3/c1-2-23-13-14-6-5-11-20(12-14)18(22)10-9-17(21)15-7-3-4-8-16(15)19/h3-4,7-8,14H,2,5-6,9-13H2,1H3. The van der Waals surface area contributed by atoms with Gasteiger partial charge in [0.25, 0.3) is 0 Å². The number of hydrogen-bond acceptors (Lipinski definition) is 3. The molecule has 1 saturated heterocycles. The molecule has 0 aliphatic carbocycles. The minimum atomic E-state index is -0.0770. The Morgan fingerprint density at radius 1 is 1.30 bits per heavy atom. The van der Waals surface area contributed by atoms with Crippen LogP contribution in [0.25, 0.3) is 0 Å². The fourth-order valence-corrected chi connectivity index (χ4v) is 3.15. The molecule has 1 fully saturated rings. The molecular formula is C18H24ClNO3. The van der Waals surface area contributed by atoms with Crippen LogP contribution in [0.2, 0.25) is 5.02 Å². The van der Waals surface area contributed by atoms with E-state index in [4.69, 9.17) is 16.3 Å². The number of likely N-dealkylation sites (tertiary alicyclic amines) is 1. The Morgan fingerprint density at radius 3 is 2.83 bits per heavy atom. The normalized spacial score (nSPS) is 18.0. The number of halogens is 1. The number of hydrogen-bond donors (Lipinski definition) is 0. The van der Waals surface area contributed by atoms with Crippen LogP contribution in [0.5, 0.6) is 0 Å². The van der Waals surface area contributed by atoms with E-state index in [9.17, 15) is 9.59 Å². The van der Waals surface area contributed by atoms with Crippen molar-refractivity contribution in [2.24, 2.45) is 5.92 Å². The van der Waals surface area contributed by atoms with Crippen molar-refractivity contribution in [3.8, 4) is 0 Å². The first-order valence-corrected chi connectivity index (χ1v) is 8.62. The first kappa shape index (κ1) is 18.0. The van der Waals surface area contributed by atoms with Gasteiger partial charge in [0.15, 0.2) is 5.78 Å². The molecule has 1 atom stereocenters. The van der Waals surface area contributed by atoms with Crippen LogP contribution in [0, 0.1) is 5.92 Å². The maximum absolute atomic E-state index is 12.3. The number of carbonyl (C=O) groups is 2. The third-order valence-electron chi connectivity index (χ3n) is 4.17. The second-order valence-corrected chi connectivity index (χ2v) is 6.32. The molecule has 1 aliphatic heterocycles. The average molecular weight is 338 g/mol. The zero-order valence-corrected chi connectivity index (χ0v) is 14.3. The van der Waals surface area contributed by atoms with Gasteiger partial charge in [0, 0.05) is 38.1 Å². The van der Waals surface area contributed by atoms with E-state index < -0.39 is 0 Å². The largest absolute Gasteiger partial charge is 0.381 e. The van der Waals surface area contributed by atoms with E-state index in [1.54, 1.807) is 24.3 Å². The molecule has 23 heavy (non-hydrogen) atoms. The van der Waals surface area contributed by atoms with E-state index in [0.717, 1.165) is 25.9 Å². The van der Waals surface area contributed by atoms with Crippen LogP contribution < -0.4 is 0 Å². The minimum Gasteiger partial charge on any atom is -0.381 e. The van der Waals surface area contributed by atoms with Gasteiger partial charge in [-0.25, -0.2) is 0 Å². The molecule has 0 bridgehead atoms. The van der Waals surface area contributed by atoms with Crippen LogP contribution >= 0.6 is 11.6 Å². The molecule has 0 aromatic heterocycles. The molecule has 1 heterocycles. The maximum Gasteiger partial charge on any atom is 0.223 e. The number of rotatable bonds is 7. The summed E-state index contributed by atoms with van der Waals surface area (Å²) in [5.74, 6) is 0.380. The molecule has 1 aliphatic rings. The van der Waals surface area contributed by atoms with Crippen LogP contribution in [-0.4, -0.2) is 42.9 Å². The summed E-state index contributed by atoms with van der Waals surface area (Å²) in [6.45, 7) is 4.91. The van der Waals surface area contributed by atoms with Gasteiger partial charge in [-0.05, 0) is 37.8 Å². The molecule has 126 valence electrons. The van der Waals surface area contributed by atoms with Gasteiger partial charge in [-0.3, -0.25) is 9.59 Å². The molecule has 1 aromatic carbocycles. The Kier molecular flexibility index (Phi) is 7.06. The number of amides is 1. The second kappa shape index (κ2) is 9.04. The smallest absolute Gasteiger partial charge is 0.223 e. The lowest BCUT2D eigenvalue weighted by atomic mass is 9.98. The van der Waals surface area contributed by atoms with Gasteiger partial charge in [0.05, 0.1) is 11.6 Å². The minimum absolute atomic E-state index is 0.0478. The molecule has 1 unspecified atom stereocenters. The first-order valence-electron chi connectivity index (χ1n) is 8.25. The summed E-state index contributed by atoms with van der Waals surface area (Å²) in [6, 6.07) is 6.97. The van der Waals surface area contributed by atoms with Crippen molar-refractivity contribution in [3.05, 3.63) is 34.9 Å². The lowest BCUT2D eigenvalue weighted by Crippen LogP contribution is -2.41. The SMILES string of the molecule is CCOCC1CCCN(C(=O)CCC(=O)c2ccccc2Cl)C1. The molecular weight excluding hydrogens is 314 g/mol. The summed E-state index contributed by atoms with van der Waals surface area (Å²) in [6.07, 6.45) is 2.55. The fourth-order valence-electron chi connectivity index (χ4n) is 2.91. The molecule has 1 amide bonds. The predicted molar refractivity (Wildman–Crippen MR) is 90.8 cm³/mol. The Hall–Kier alpha value is -1.39. The lowest BCUT2D eigenvalue weighted by molar-refractivity contribution is -0.133. The molecule has 2 rings (SSSR count). The van der Waals surface area contributed by atoms with Gasteiger partial charge >= 0.3 is 0 Å². The number of nitrogens with zero attached hydrogens (tertiary/aromatic N) is 1. The predicted octanol–water partition coefficient (Wildman–Crippen LogP) is 3.58. The highest BCUT2D eigenvalue weighted by Crippen LogP contribution is 2.20. The third kappa shape index (κ3) is 5.33. The second-order valence-electron chi connectivity index (χ2n) is 5.91. The molecule has 0 radical (unpaired) electrons. The maximum atomic E-state index is 12.3. The lowest BCUT2D eigenvalue weighted by Gasteiger charge is -2.32. The number of piperidine rings is 1. The summed E-state index contributed by atoms with van der Waals surface area (Å²) in [5, 5.41) is 0.444. The zero-order valence-electron chi connectivity index (χ0n) is 13.6. The van der Waals surface area contributed by atoms with Gasteiger partial charge in [-0.1, -0.05) is 23.7 Å². The molecule has 5 heteroatoms. The number of carbonyl (C=O) groups excluding carboxylic acids is 2. The third-order valence-corrected chi connectivity index (χ3v) is 4.50. The van der Waals surface area contributed by atoms with Gasteiger partial charge in [-0.15, -0.1) is 0 Å². The van der Waals surface area contributed by atoms with Crippen molar-refractivity contribution in [3.63, 3.8) is 0 Å². The summed E-state index contributed by atoms with van der Waals surface area (Å²) < 4.78 is 5.46. The summed E-state index contributed by atoms with van der Waals surface area (Å²) in [7, 11) is 0. The highest BCUT2D eigenvalue weighted by atomic mass is 35.5. The van der Waals surface area contributed by atoms with Crippen molar-refractivity contribution in [2.45, 2.75) is 32.6 Å². The highest BCUT2D eigenvalue weighted by molar-refractivity contribution is 6.34. The van der Waals surface area contributed by atoms with Crippen LogP contribution in [0.4, 0.5) is 0 Å². The van der Waals surface area contributed by atoms with Gasteiger partial charge in [0.2, 0.25) is 5.91 Å². The van der Waals surface area contributed by atoms with Crippen LogP contribution in [0.1, 0.15) is 43.0 Å². The molecule has 0 spiro atoms. The first-order chi connectivity index (χ1) is 11.1. The molecule has 0 saturated carbocycles. The quantitative estimate of drug-likeness (QED) is 0.714. The van der Waals surface area contributed by atoms with Gasteiger partial charge in [0.1, 0.15) is 0 Å².